The van der Waals surface area contributed by atoms with Crippen molar-refractivity contribution in [2.75, 3.05) is 0 Å². The summed E-state index contributed by atoms with van der Waals surface area (Å²) in [4.78, 5) is 0. The molecule has 126 heavy (non-hydrogen) atoms. The average molecular weight is 1630 g/mol. The Hall–Kier alpha value is -13.3. The quantitative estimate of drug-likeness (QED) is 0.0725. The summed E-state index contributed by atoms with van der Waals surface area (Å²) < 4.78 is 9.82. The van der Waals surface area contributed by atoms with Crippen molar-refractivity contribution < 1.29 is 0 Å². The van der Waals surface area contributed by atoms with Crippen molar-refractivity contribution in [1.82, 2.24) is 18.3 Å². The Bertz CT molecular complexity index is 6950. The molecule has 0 aliphatic heterocycles. The van der Waals surface area contributed by atoms with Gasteiger partial charge in [-0.3, -0.25) is 0 Å². The first-order valence-corrected chi connectivity index (χ1v) is 46.9. The van der Waals surface area contributed by atoms with Gasteiger partial charge in [0, 0.05) is 65.8 Å². The zero-order chi connectivity index (χ0) is 85.9. The van der Waals surface area contributed by atoms with Crippen LogP contribution in [0.15, 0.2) is 315 Å². The highest BCUT2D eigenvalue weighted by Crippen LogP contribution is 2.47. The third-order valence-corrected chi connectivity index (χ3v) is 29.4. The van der Waals surface area contributed by atoms with Crippen molar-refractivity contribution in [1.29, 1.82) is 0 Å². The molecule has 0 radical (unpaired) electrons. The summed E-state index contributed by atoms with van der Waals surface area (Å²) >= 11 is 0. The Labute approximate surface area is 743 Å². The highest BCUT2D eigenvalue weighted by Gasteiger charge is 2.26. The highest BCUT2D eigenvalue weighted by atomic mass is 15.0. The van der Waals surface area contributed by atoms with Gasteiger partial charge in [-0.05, 0) is 391 Å². The van der Waals surface area contributed by atoms with Gasteiger partial charge in [0.05, 0.1) is 44.1 Å². The third kappa shape index (κ3) is 13.8. The molecule has 16 aromatic carbocycles. The molecule has 4 aromatic heterocycles. The van der Waals surface area contributed by atoms with Gasteiger partial charge in [0.2, 0.25) is 0 Å². The Kier molecular flexibility index (Phi) is 20.7. The molecule has 0 spiro atoms. The number of aromatic nitrogens is 4. The Morgan fingerprint density at radius 2 is 0.373 bits per heavy atom. The van der Waals surface area contributed by atoms with Crippen molar-refractivity contribution in [3.05, 3.63) is 382 Å². The molecule has 0 saturated heterocycles. The van der Waals surface area contributed by atoms with E-state index in [9.17, 15) is 0 Å². The smallest absolute Gasteiger partial charge is 0.0541 e. The number of rotatable bonds is 20. The topological polar surface area (TPSA) is 19.7 Å². The van der Waals surface area contributed by atoms with Gasteiger partial charge in [0.1, 0.15) is 0 Å². The second kappa shape index (κ2) is 32.7. The molecule has 4 atom stereocenters. The molecule has 2 aliphatic carbocycles. The highest BCUT2D eigenvalue weighted by molar-refractivity contribution is 6.13. The average Bonchev–Trinajstić information content (AvgIpc) is 1.60. The lowest BCUT2D eigenvalue weighted by atomic mass is 9.95. The van der Waals surface area contributed by atoms with Gasteiger partial charge < -0.3 is 18.3 Å². The van der Waals surface area contributed by atoms with Gasteiger partial charge in [-0.15, -0.1) is 0 Å². The van der Waals surface area contributed by atoms with Crippen LogP contribution in [0.25, 0.3) is 177 Å². The predicted octanol–water partition coefficient (Wildman–Crippen LogP) is 33.9. The number of aryl methyl sites for hydroxylation is 4. The molecular formula is C122H112N4. The van der Waals surface area contributed by atoms with Gasteiger partial charge in [-0.2, -0.15) is 0 Å². The normalized spacial score (nSPS) is 13.3. The van der Waals surface area contributed by atoms with Crippen molar-refractivity contribution in [2.24, 2.45) is 0 Å². The fourth-order valence-corrected chi connectivity index (χ4v) is 20.8. The summed E-state index contributed by atoms with van der Waals surface area (Å²) in [5.41, 5.74) is 47.1. The molecule has 2 aliphatic rings. The van der Waals surface area contributed by atoms with Crippen molar-refractivity contribution in [3.8, 4) is 89.5 Å². The van der Waals surface area contributed by atoms with E-state index in [4.69, 9.17) is 0 Å². The van der Waals surface area contributed by atoms with Crippen LogP contribution in [-0.4, -0.2) is 18.3 Å². The predicted molar refractivity (Wildman–Crippen MR) is 541 cm³/mol. The maximum absolute atomic E-state index is 2.47. The molecule has 0 bridgehead atoms. The number of nitrogens with zero attached hydrogens (tertiary/aromatic N) is 4. The summed E-state index contributed by atoms with van der Waals surface area (Å²) in [6, 6.07) is 122. The lowest BCUT2D eigenvalue weighted by Crippen LogP contribution is -1.95. The Morgan fingerprint density at radius 3 is 0.563 bits per heavy atom. The van der Waals surface area contributed by atoms with Crippen LogP contribution >= 0.6 is 0 Å². The monoisotopic (exact) mass is 1630 g/mol. The zero-order valence-electron chi connectivity index (χ0n) is 75.2. The van der Waals surface area contributed by atoms with E-state index in [0.717, 1.165) is 64.2 Å². The number of benzene rings is 16. The molecule has 0 fully saturated rings. The van der Waals surface area contributed by atoms with Crippen LogP contribution in [0.1, 0.15) is 199 Å². The van der Waals surface area contributed by atoms with Crippen LogP contribution in [0, 0.1) is 0 Å². The molecular weight excluding hydrogens is 1520 g/mol. The maximum atomic E-state index is 2.47. The number of hydrogen-bond donors (Lipinski definition) is 0. The summed E-state index contributed by atoms with van der Waals surface area (Å²) in [5.74, 6) is 2.12. The fraction of sp³-hybridized carbons (Fsp3) is 0.213. The van der Waals surface area contributed by atoms with E-state index in [1.807, 2.05) is 0 Å². The largest absolute Gasteiger partial charge is 0.309 e. The van der Waals surface area contributed by atoms with E-state index in [2.05, 4.69) is 417 Å². The van der Waals surface area contributed by atoms with Crippen molar-refractivity contribution in [3.63, 3.8) is 0 Å². The van der Waals surface area contributed by atoms with Gasteiger partial charge in [-0.1, -0.05) is 229 Å². The van der Waals surface area contributed by atoms with E-state index < -0.39 is 0 Å². The molecule has 0 amide bonds. The first-order chi connectivity index (χ1) is 61.7. The minimum absolute atomic E-state index is 0.530. The molecule has 4 unspecified atom stereocenters. The standard InChI is InChI=1S/C65H64N2.C57H48N2/c1-9-40(5)46-21-29-62-58(34-46)59-35-47(41(6)10-2)22-30-63(59)66(62)54-25-17-44(18-26-54)50-13-15-52-33-53-16-14-51(39-57(53)56(52)38-50)45-19-27-55(28-20-45)67-64-31-23-48(42(7)11-3)36-60(64)61-37-49(43(8)12-4)24-32-65(61)67;1-5-36-9-25-54-50(29-36)51-30-37(6-2)10-26-55(51)58(54)46-21-17-40(18-22-46)42-13-15-44-33-45-16-14-43(35-49(45)48(44)34-42)41-19-23-47(24-20-41)59-56-27-11-38(7-3)31-52(56)53-32-39(8-4)12-28-57(53)59/h13-32,34-43H,9-12,33H2,1-8H3;9-32,34-35H,5-8,33H2,1-4H3. The van der Waals surface area contributed by atoms with Crippen LogP contribution < -0.4 is 0 Å². The maximum Gasteiger partial charge on any atom is 0.0541 e. The van der Waals surface area contributed by atoms with E-state index >= 15 is 0 Å². The second-order valence-electron chi connectivity index (χ2n) is 36.5. The van der Waals surface area contributed by atoms with Crippen LogP contribution in [-0.2, 0) is 38.5 Å². The summed E-state index contributed by atoms with van der Waals surface area (Å²) in [6.07, 6.45) is 10.6. The van der Waals surface area contributed by atoms with Gasteiger partial charge in [0.25, 0.3) is 0 Å². The third-order valence-electron chi connectivity index (χ3n) is 29.4. The molecule has 4 nitrogen and oxygen atoms in total. The van der Waals surface area contributed by atoms with Crippen molar-refractivity contribution >= 4 is 87.2 Å². The molecule has 620 valence electrons. The van der Waals surface area contributed by atoms with E-state index in [1.165, 1.54) is 243 Å². The number of fused-ring (bicyclic) bond motifs is 18. The molecule has 4 heteroatoms. The van der Waals surface area contributed by atoms with Crippen molar-refractivity contribution in [2.45, 2.75) is 171 Å². The van der Waals surface area contributed by atoms with Crippen LogP contribution in [0.2, 0.25) is 0 Å². The van der Waals surface area contributed by atoms with Gasteiger partial charge in [0.15, 0.2) is 0 Å². The summed E-state index contributed by atoms with van der Waals surface area (Å²) in [5, 5.41) is 10.8. The fourth-order valence-electron chi connectivity index (χ4n) is 20.8. The lowest BCUT2D eigenvalue weighted by molar-refractivity contribution is 0.734. The van der Waals surface area contributed by atoms with Gasteiger partial charge >= 0.3 is 0 Å². The van der Waals surface area contributed by atoms with Crippen LogP contribution in [0.5, 0.6) is 0 Å². The molecule has 0 N–H and O–H groups in total. The Morgan fingerprint density at radius 1 is 0.190 bits per heavy atom. The summed E-state index contributed by atoms with van der Waals surface area (Å²) in [6.45, 7) is 27.5. The van der Waals surface area contributed by atoms with Crippen LogP contribution in [0.3, 0.4) is 0 Å². The zero-order valence-corrected chi connectivity index (χ0v) is 75.2. The van der Waals surface area contributed by atoms with E-state index in [1.54, 1.807) is 0 Å². The van der Waals surface area contributed by atoms with E-state index in [0.29, 0.717) is 23.7 Å². The molecule has 4 heterocycles. The SMILES string of the molecule is CCC(C)c1ccc2c(c1)c1cc(C(C)CC)ccc1n2-c1ccc(-c2ccc3c(c2)-c2cc(-c4ccc(-n5c6ccc(C(C)CC)cc6c6cc(C(C)CC)ccc65)cc4)ccc2C3)cc1.CCc1ccc2c(c1)c1cc(CC)ccc1n2-c1ccc(-c2ccc3c(c2)-c2cc(-c4ccc(-n5c6ccc(CC)cc6c6cc(CC)ccc65)cc4)ccc2C3)cc1. The van der Waals surface area contributed by atoms with E-state index in [-0.39, 0.29) is 0 Å². The van der Waals surface area contributed by atoms with Crippen LogP contribution in [0.4, 0.5) is 0 Å². The number of hydrogen-bond acceptors (Lipinski definition) is 0. The first kappa shape index (κ1) is 79.9. The molecule has 20 aromatic rings. The minimum Gasteiger partial charge on any atom is -0.309 e. The Balaban J connectivity index is 0.000000155. The first-order valence-electron chi connectivity index (χ1n) is 46.9. The van der Waals surface area contributed by atoms with Gasteiger partial charge in [-0.25, -0.2) is 0 Å². The molecule has 0 saturated carbocycles. The molecule has 22 rings (SSSR count). The summed E-state index contributed by atoms with van der Waals surface area (Å²) in [7, 11) is 0. The second-order valence-corrected chi connectivity index (χ2v) is 36.5. The lowest BCUT2D eigenvalue weighted by Gasteiger charge is -2.13. The minimum atomic E-state index is 0.530.